The van der Waals surface area contributed by atoms with E-state index in [0.717, 1.165) is 13.0 Å². The van der Waals surface area contributed by atoms with E-state index in [4.69, 9.17) is 0 Å². The zero-order valence-corrected chi connectivity index (χ0v) is 6.90. The lowest BCUT2D eigenvalue weighted by atomic mass is 9.80. The summed E-state index contributed by atoms with van der Waals surface area (Å²) in [5.74, 6) is 0.458. The highest BCUT2D eigenvalue weighted by atomic mass is 16.2. The molecule has 1 aliphatic heterocycles. The quantitative estimate of drug-likeness (QED) is 0.539. The number of carbonyl (C=O) groups is 1. The normalized spacial score (nSPS) is 26.7. The van der Waals surface area contributed by atoms with Gasteiger partial charge >= 0.3 is 0 Å². The number of carbonyl (C=O) groups excluding carboxylic acids is 1. The smallest absolute Gasteiger partial charge is 0.223 e. The molecule has 0 bridgehead atoms. The molecule has 1 fully saturated rings. The minimum absolute atomic E-state index is 0.139. The second kappa shape index (κ2) is 2.26. The van der Waals surface area contributed by atoms with Crippen molar-refractivity contribution in [1.82, 2.24) is 5.32 Å². The molecule has 1 rings (SSSR count). The van der Waals surface area contributed by atoms with Crippen LogP contribution in [0.4, 0.5) is 0 Å². The van der Waals surface area contributed by atoms with Crippen molar-refractivity contribution in [2.45, 2.75) is 27.2 Å². The number of hydrogen-bond acceptors (Lipinski definition) is 1. The number of hydrogen-bond donors (Lipinski definition) is 1. The summed E-state index contributed by atoms with van der Waals surface area (Å²) >= 11 is 0. The molecule has 1 N–H and O–H groups in total. The molecule has 2 heteroatoms. The maximum atomic E-state index is 11.1. The second-order valence-electron chi connectivity index (χ2n) is 4.00. The van der Waals surface area contributed by atoms with E-state index in [1.165, 1.54) is 0 Å². The Morgan fingerprint density at radius 3 is 2.30 bits per heavy atom. The number of rotatable bonds is 0. The maximum Gasteiger partial charge on any atom is 0.223 e. The zero-order chi connectivity index (χ0) is 7.78. The number of amides is 1. The Morgan fingerprint density at radius 2 is 2.10 bits per heavy atom. The molecule has 1 atom stereocenters. The van der Waals surface area contributed by atoms with E-state index in [0.29, 0.717) is 0 Å². The molecule has 10 heavy (non-hydrogen) atoms. The average Bonchev–Trinajstić information content (AvgIpc) is 2.11. The highest BCUT2D eigenvalue weighted by Crippen LogP contribution is 2.30. The van der Waals surface area contributed by atoms with Crippen LogP contribution in [-0.2, 0) is 4.79 Å². The molecule has 2 nitrogen and oxygen atoms in total. The van der Waals surface area contributed by atoms with Crippen LogP contribution >= 0.6 is 0 Å². The molecule has 0 spiro atoms. The summed E-state index contributed by atoms with van der Waals surface area (Å²) in [5.41, 5.74) is 0.139. The van der Waals surface area contributed by atoms with E-state index in [2.05, 4.69) is 26.1 Å². The SMILES string of the molecule is CC(C)(C)[C@@H]1CCNC1=O. The summed E-state index contributed by atoms with van der Waals surface area (Å²) in [6, 6.07) is 0. The van der Waals surface area contributed by atoms with Gasteiger partial charge < -0.3 is 5.32 Å². The van der Waals surface area contributed by atoms with Crippen molar-refractivity contribution in [2.24, 2.45) is 11.3 Å². The van der Waals surface area contributed by atoms with E-state index in [9.17, 15) is 4.79 Å². The Hall–Kier alpha value is -0.530. The van der Waals surface area contributed by atoms with Crippen LogP contribution in [0.3, 0.4) is 0 Å². The van der Waals surface area contributed by atoms with Crippen LogP contribution in [0.2, 0.25) is 0 Å². The topological polar surface area (TPSA) is 29.1 Å². The summed E-state index contributed by atoms with van der Waals surface area (Å²) in [6.07, 6.45) is 1.00. The van der Waals surface area contributed by atoms with Crippen LogP contribution in [0.1, 0.15) is 27.2 Å². The number of nitrogens with one attached hydrogen (secondary N) is 1. The van der Waals surface area contributed by atoms with Gasteiger partial charge in [-0.05, 0) is 11.8 Å². The minimum Gasteiger partial charge on any atom is -0.356 e. The third kappa shape index (κ3) is 1.31. The first-order valence-corrected chi connectivity index (χ1v) is 3.79. The van der Waals surface area contributed by atoms with E-state index < -0.39 is 0 Å². The van der Waals surface area contributed by atoms with Gasteiger partial charge in [0.25, 0.3) is 0 Å². The molecule has 0 aliphatic carbocycles. The lowest BCUT2D eigenvalue weighted by molar-refractivity contribution is -0.125. The van der Waals surface area contributed by atoms with E-state index in [-0.39, 0.29) is 17.2 Å². The van der Waals surface area contributed by atoms with E-state index >= 15 is 0 Å². The maximum absolute atomic E-state index is 11.1. The van der Waals surface area contributed by atoms with Gasteiger partial charge in [-0.1, -0.05) is 20.8 Å². The molecule has 58 valence electrons. The van der Waals surface area contributed by atoms with Gasteiger partial charge in [-0.3, -0.25) is 4.79 Å². The molecule has 1 amide bonds. The Labute approximate surface area is 62.0 Å². The van der Waals surface area contributed by atoms with Gasteiger partial charge in [-0.25, -0.2) is 0 Å². The average molecular weight is 141 g/mol. The molecule has 0 aromatic carbocycles. The van der Waals surface area contributed by atoms with Crippen molar-refractivity contribution in [3.05, 3.63) is 0 Å². The molecule has 0 aromatic heterocycles. The molecule has 0 saturated carbocycles. The minimum atomic E-state index is 0.139. The van der Waals surface area contributed by atoms with Crippen molar-refractivity contribution in [3.8, 4) is 0 Å². The predicted octanol–water partition coefficient (Wildman–Crippen LogP) is 1.17. The van der Waals surface area contributed by atoms with Crippen LogP contribution < -0.4 is 5.32 Å². The van der Waals surface area contributed by atoms with Gasteiger partial charge in [0.15, 0.2) is 0 Å². The van der Waals surface area contributed by atoms with Gasteiger partial charge in [-0.2, -0.15) is 0 Å². The Bertz CT molecular complexity index is 146. The molecule has 1 heterocycles. The van der Waals surface area contributed by atoms with Crippen LogP contribution in [-0.4, -0.2) is 12.5 Å². The van der Waals surface area contributed by atoms with Gasteiger partial charge in [-0.15, -0.1) is 0 Å². The fraction of sp³-hybridized carbons (Fsp3) is 0.875. The molecule has 1 aliphatic rings. The van der Waals surface area contributed by atoms with Crippen molar-refractivity contribution in [2.75, 3.05) is 6.54 Å². The van der Waals surface area contributed by atoms with E-state index in [1.807, 2.05) is 0 Å². The first-order chi connectivity index (χ1) is 4.52. The van der Waals surface area contributed by atoms with Gasteiger partial charge in [0.1, 0.15) is 0 Å². The fourth-order valence-corrected chi connectivity index (χ4v) is 1.42. The summed E-state index contributed by atoms with van der Waals surface area (Å²) < 4.78 is 0. The third-order valence-corrected chi connectivity index (χ3v) is 2.09. The largest absolute Gasteiger partial charge is 0.356 e. The van der Waals surface area contributed by atoms with Crippen molar-refractivity contribution in [3.63, 3.8) is 0 Å². The molecular formula is C8H15NO. The standard InChI is InChI=1S/C8H15NO/c1-8(2,3)6-4-5-9-7(6)10/h6H,4-5H2,1-3H3,(H,9,10)/t6-/m1/s1. The van der Waals surface area contributed by atoms with Crippen LogP contribution in [0.25, 0.3) is 0 Å². The zero-order valence-electron chi connectivity index (χ0n) is 6.90. The predicted molar refractivity (Wildman–Crippen MR) is 40.6 cm³/mol. The van der Waals surface area contributed by atoms with Crippen LogP contribution in [0, 0.1) is 11.3 Å². The first-order valence-electron chi connectivity index (χ1n) is 3.79. The Balaban J connectivity index is 2.64. The lowest BCUT2D eigenvalue weighted by Gasteiger charge is -2.23. The summed E-state index contributed by atoms with van der Waals surface area (Å²) in [6.45, 7) is 7.20. The van der Waals surface area contributed by atoms with Crippen LogP contribution in [0.15, 0.2) is 0 Å². The molecule has 0 unspecified atom stereocenters. The van der Waals surface area contributed by atoms with Crippen LogP contribution in [0.5, 0.6) is 0 Å². The van der Waals surface area contributed by atoms with Gasteiger partial charge in [0, 0.05) is 12.5 Å². The lowest BCUT2D eigenvalue weighted by Crippen LogP contribution is -2.28. The highest BCUT2D eigenvalue weighted by molar-refractivity contribution is 5.81. The van der Waals surface area contributed by atoms with Gasteiger partial charge in [0.2, 0.25) is 5.91 Å². The van der Waals surface area contributed by atoms with Crippen molar-refractivity contribution in [1.29, 1.82) is 0 Å². The molecule has 0 aromatic rings. The Kier molecular flexibility index (Phi) is 1.71. The van der Waals surface area contributed by atoms with Crippen molar-refractivity contribution >= 4 is 5.91 Å². The van der Waals surface area contributed by atoms with Crippen molar-refractivity contribution < 1.29 is 4.79 Å². The van der Waals surface area contributed by atoms with E-state index in [1.54, 1.807) is 0 Å². The monoisotopic (exact) mass is 141 g/mol. The summed E-state index contributed by atoms with van der Waals surface area (Å²) in [5, 5.41) is 2.84. The van der Waals surface area contributed by atoms with Gasteiger partial charge in [0.05, 0.1) is 0 Å². The molecule has 0 radical (unpaired) electrons. The molecule has 1 saturated heterocycles. The second-order valence-corrected chi connectivity index (χ2v) is 4.00. The fourth-order valence-electron chi connectivity index (χ4n) is 1.42. The third-order valence-electron chi connectivity index (χ3n) is 2.09. The first kappa shape index (κ1) is 7.58. The molecular weight excluding hydrogens is 126 g/mol. The Morgan fingerprint density at radius 1 is 1.50 bits per heavy atom. The summed E-state index contributed by atoms with van der Waals surface area (Å²) in [7, 11) is 0. The summed E-state index contributed by atoms with van der Waals surface area (Å²) in [4.78, 5) is 11.1. The highest BCUT2D eigenvalue weighted by Gasteiger charge is 2.34.